The first-order valence-corrected chi connectivity index (χ1v) is 10.5. The molecule has 8 nitrogen and oxygen atoms in total. The lowest BCUT2D eigenvalue weighted by molar-refractivity contribution is -0.146. The maximum absolute atomic E-state index is 12.8. The summed E-state index contributed by atoms with van der Waals surface area (Å²) in [6, 6.07) is 9.56. The second kappa shape index (κ2) is 10.9. The minimum atomic E-state index is -4.57. The number of anilines is 2. The second-order valence-corrected chi connectivity index (χ2v) is 7.76. The lowest BCUT2D eigenvalue weighted by Gasteiger charge is -2.24. The first-order valence-electron chi connectivity index (χ1n) is 10.5. The molecule has 0 fully saturated rings. The molecular weight excluding hydrogens is 469 g/mol. The molecule has 0 spiro atoms. The van der Waals surface area contributed by atoms with Crippen molar-refractivity contribution in [2.24, 2.45) is 11.8 Å². The SMILES string of the molecule is O=C(COC(=O)c1ccc(NC(=O)[C@@H]2CC=CC[C@@H]2C(=O)O)cc1)Nc1cccc(C(F)(F)F)c1. The fourth-order valence-corrected chi connectivity index (χ4v) is 3.49. The largest absolute Gasteiger partial charge is 0.481 e. The molecule has 0 heterocycles. The number of rotatable bonds is 7. The van der Waals surface area contributed by atoms with Crippen LogP contribution in [-0.4, -0.2) is 35.5 Å². The molecule has 0 aliphatic heterocycles. The molecule has 0 unspecified atom stereocenters. The molecule has 0 bridgehead atoms. The van der Waals surface area contributed by atoms with Crippen molar-refractivity contribution in [1.29, 1.82) is 0 Å². The summed E-state index contributed by atoms with van der Waals surface area (Å²) in [6.45, 7) is -0.723. The van der Waals surface area contributed by atoms with Gasteiger partial charge in [0.1, 0.15) is 0 Å². The first-order chi connectivity index (χ1) is 16.5. The molecule has 35 heavy (non-hydrogen) atoms. The van der Waals surface area contributed by atoms with Gasteiger partial charge in [-0.15, -0.1) is 0 Å². The Hall–Kier alpha value is -4.15. The summed E-state index contributed by atoms with van der Waals surface area (Å²) in [5.74, 6) is -4.73. The van der Waals surface area contributed by atoms with Crippen molar-refractivity contribution in [3.05, 3.63) is 71.8 Å². The molecule has 184 valence electrons. The van der Waals surface area contributed by atoms with Gasteiger partial charge in [0, 0.05) is 11.4 Å². The first kappa shape index (κ1) is 25.5. The van der Waals surface area contributed by atoms with Crippen molar-refractivity contribution in [2.75, 3.05) is 17.2 Å². The monoisotopic (exact) mass is 490 g/mol. The van der Waals surface area contributed by atoms with Crippen LogP contribution in [-0.2, 0) is 25.3 Å². The lowest BCUT2D eigenvalue weighted by atomic mass is 9.82. The van der Waals surface area contributed by atoms with Gasteiger partial charge in [0.15, 0.2) is 6.61 Å². The number of halogens is 3. The highest BCUT2D eigenvalue weighted by molar-refractivity contribution is 5.97. The standard InChI is InChI=1S/C24H21F3N2O6/c25-24(26,27)15-4-3-5-17(12-15)28-20(30)13-35-23(34)14-8-10-16(11-9-14)29-21(31)18-6-1-2-7-19(18)22(32)33/h1-5,8-12,18-19H,6-7,13H2,(H,28,30)(H,29,31)(H,32,33)/t18-,19+/m1/s1. The number of benzene rings is 2. The highest BCUT2D eigenvalue weighted by Crippen LogP contribution is 2.30. The number of esters is 1. The normalized spacial score (nSPS) is 17.3. The Balaban J connectivity index is 1.52. The zero-order chi connectivity index (χ0) is 25.6. The number of carboxylic acid groups (broad SMARTS) is 1. The van der Waals surface area contributed by atoms with Gasteiger partial charge in [0.05, 0.1) is 23.0 Å². The Morgan fingerprint density at radius 3 is 2.20 bits per heavy atom. The maximum Gasteiger partial charge on any atom is 0.416 e. The van der Waals surface area contributed by atoms with E-state index >= 15 is 0 Å². The number of allylic oxidation sites excluding steroid dienone is 2. The molecule has 3 N–H and O–H groups in total. The average molecular weight is 490 g/mol. The number of ether oxygens (including phenoxy) is 1. The number of aliphatic carboxylic acids is 1. The molecule has 1 aliphatic carbocycles. The molecule has 3 rings (SSSR count). The second-order valence-electron chi connectivity index (χ2n) is 7.76. The van der Waals surface area contributed by atoms with Gasteiger partial charge in [0.25, 0.3) is 5.91 Å². The van der Waals surface area contributed by atoms with E-state index in [1.807, 2.05) is 0 Å². The molecule has 11 heteroatoms. The number of amides is 2. The zero-order valence-electron chi connectivity index (χ0n) is 18.2. The van der Waals surface area contributed by atoms with E-state index in [1.54, 1.807) is 12.2 Å². The van der Waals surface area contributed by atoms with Gasteiger partial charge >= 0.3 is 18.1 Å². The fraction of sp³-hybridized carbons (Fsp3) is 0.250. The molecule has 0 saturated heterocycles. The quantitative estimate of drug-likeness (QED) is 0.397. The number of carbonyl (C=O) groups is 4. The number of nitrogens with one attached hydrogen (secondary N) is 2. The van der Waals surface area contributed by atoms with Crippen LogP contribution in [0.4, 0.5) is 24.5 Å². The molecule has 0 aromatic heterocycles. The molecule has 2 aromatic rings. The minimum Gasteiger partial charge on any atom is -0.481 e. The van der Waals surface area contributed by atoms with Gasteiger partial charge < -0.3 is 20.5 Å². The summed E-state index contributed by atoms with van der Waals surface area (Å²) in [5, 5.41) is 14.1. The van der Waals surface area contributed by atoms with Gasteiger partial charge in [-0.05, 0) is 55.3 Å². The van der Waals surface area contributed by atoms with Gasteiger partial charge in [0.2, 0.25) is 5.91 Å². The van der Waals surface area contributed by atoms with Crippen LogP contribution in [0.2, 0.25) is 0 Å². The third kappa shape index (κ3) is 6.92. The third-order valence-corrected chi connectivity index (χ3v) is 5.28. The van der Waals surface area contributed by atoms with Crippen molar-refractivity contribution in [2.45, 2.75) is 19.0 Å². The number of alkyl halides is 3. The van der Waals surface area contributed by atoms with Crippen LogP contribution in [0.1, 0.15) is 28.8 Å². The van der Waals surface area contributed by atoms with E-state index in [0.29, 0.717) is 12.1 Å². The number of carboxylic acids is 1. The van der Waals surface area contributed by atoms with E-state index in [9.17, 15) is 37.5 Å². The van der Waals surface area contributed by atoms with Crippen LogP contribution < -0.4 is 10.6 Å². The molecule has 0 radical (unpaired) electrons. The van der Waals surface area contributed by atoms with Crippen LogP contribution in [0.3, 0.4) is 0 Å². The van der Waals surface area contributed by atoms with Crippen molar-refractivity contribution >= 4 is 35.1 Å². The highest BCUT2D eigenvalue weighted by atomic mass is 19.4. The van der Waals surface area contributed by atoms with Crippen LogP contribution in [0, 0.1) is 11.8 Å². The summed E-state index contributed by atoms with van der Waals surface area (Å²) in [4.78, 5) is 48.0. The van der Waals surface area contributed by atoms with Gasteiger partial charge in [-0.3, -0.25) is 14.4 Å². The predicted octanol–water partition coefficient (Wildman–Crippen LogP) is 4.11. The molecule has 2 amide bonds. The van der Waals surface area contributed by atoms with E-state index in [2.05, 4.69) is 10.6 Å². The van der Waals surface area contributed by atoms with Crippen LogP contribution in [0.5, 0.6) is 0 Å². The Bertz CT molecular complexity index is 1140. The van der Waals surface area contributed by atoms with E-state index in [-0.39, 0.29) is 17.7 Å². The van der Waals surface area contributed by atoms with Crippen LogP contribution in [0.25, 0.3) is 0 Å². The van der Waals surface area contributed by atoms with E-state index in [1.165, 1.54) is 30.3 Å². The van der Waals surface area contributed by atoms with Crippen LogP contribution in [0.15, 0.2) is 60.7 Å². The number of hydrogen-bond acceptors (Lipinski definition) is 5. The smallest absolute Gasteiger partial charge is 0.416 e. The molecular formula is C24H21F3N2O6. The highest BCUT2D eigenvalue weighted by Gasteiger charge is 2.34. The predicted molar refractivity (Wildman–Crippen MR) is 118 cm³/mol. The zero-order valence-corrected chi connectivity index (χ0v) is 18.2. The van der Waals surface area contributed by atoms with Gasteiger partial charge in [-0.1, -0.05) is 18.2 Å². The minimum absolute atomic E-state index is 0.0684. The summed E-state index contributed by atoms with van der Waals surface area (Å²) in [6.07, 6.45) is -0.519. The molecule has 2 atom stereocenters. The molecule has 1 aliphatic rings. The molecule has 0 saturated carbocycles. The lowest BCUT2D eigenvalue weighted by Crippen LogP contribution is -2.34. The Labute approximate surface area is 197 Å². The fourth-order valence-electron chi connectivity index (χ4n) is 3.49. The Kier molecular flexibility index (Phi) is 7.90. The topological polar surface area (TPSA) is 122 Å². The van der Waals surface area contributed by atoms with Crippen molar-refractivity contribution in [1.82, 2.24) is 0 Å². The average Bonchev–Trinajstić information content (AvgIpc) is 2.82. The van der Waals surface area contributed by atoms with Crippen molar-refractivity contribution in [3.63, 3.8) is 0 Å². The summed E-state index contributed by atoms with van der Waals surface area (Å²) < 4.78 is 43.2. The third-order valence-electron chi connectivity index (χ3n) is 5.28. The van der Waals surface area contributed by atoms with Gasteiger partial charge in [-0.2, -0.15) is 13.2 Å². The maximum atomic E-state index is 12.8. The number of hydrogen-bond donors (Lipinski definition) is 3. The van der Waals surface area contributed by atoms with Crippen molar-refractivity contribution < 1.29 is 42.2 Å². The summed E-state index contributed by atoms with van der Waals surface area (Å²) in [5.41, 5.74) is -0.621. The molecule has 2 aromatic carbocycles. The van der Waals surface area contributed by atoms with Gasteiger partial charge in [-0.25, -0.2) is 4.79 Å². The number of carbonyl (C=O) groups excluding carboxylic acids is 3. The summed E-state index contributed by atoms with van der Waals surface area (Å²) in [7, 11) is 0. The Morgan fingerprint density at radius 1 is 0.914 bits per heavy atom. The Morgan fingerprint density at radius 2 is 1.57 bits per heavy atom. The van der Waals surface area contributed by atoms with Crippen molar-refractivity contribution in [3.8, 4) is 0 Å². The van der Waals surface area contributed by atoms with Crippen LogP contribution >= 0.6 is 0 Å². The van der Waals surface area contributed by atoms with E-state index in [0.717, 1.165) is 18.2 Å². The summed E-state index contributed by atoms with van der Waals surface area (Å²) >= 11 is 0. The van der Waals surface area contributed by atoms with E-state index < -0.39 is 53.9 Å². The van der Waals surface area contributed by atoms with E-state index in [4.69, 9.17) is 4.74 Å².